The maximum Gasteiger partial charge on any atom is 0.121 e. The molecule has 1 atom stereocenters. The Kier molecular flexibility index (Phi) is 4.59. The van der Waals surface area contributed by atoms with Crippen LogP contribution in [0.25, 0.3) is 0 Å². The summed E-state index contributed by atoms with van der Waals surface area (Å²) >= 11 is 0. The van der Waals surface area contributed by atoms with Crippen molar-refractivity contribution < 1.29 is 5.11 Å². The minimum atomic E-state index is 0. The molecule has 1 aliphatic rings. The second kappa shape index (κ2) is 5.53. The van der Waals surface area contributed by atoms with Gasteiger partial charge in [0.1, 0.15) is 5.75 Å². The minimum absolute atomic E-state index is 0. The van der Waals surface area contributed by atoms with E-state index in [1.807, 2.05) is 13.8 Å². The fourth-order valence-corrected chi connectivity index (χ4v) is 2.08. The SMILES string of the molecule is Cc1cc([C@H]2CNCCN2)cc(C)c1O.Cl. The van der Waals surface area contributed by atoms with Gasteiger partial charge in [0.15, 0.2) is 0 Å². The Labute approximate surface area is 103 Å². The fraction of sp³-hybridized carbons (Fsp3) is 0.500. The van der Waals surface area contributed by atoms with Crippen LogP contribution in [-0.2, 0) is 0 Å². The van der Waals surface area contributed by atoms with Crippen molar-refractivity contribution in [3.63, 3.8) is 0 Å². The third kappa shape index (κ3) is 2.67. The van der Waals surface area contributed by atoms with Gasteiger partial charge in [-0.1, -0.05) is 12.1 Å². The van der Waals surface area contributed by atoms with E-state index in [1.54, 1.807) is 0 Å². The molecule has 1 saturated heterocycles. The van der Waals surface area contributed by atoms with E-state index in [0.29, 0.717) is 11.8 Å². The van der Waals surface area contributed by atoms with Crippen molar-refractivity contribution in [3.05, 3.63) is 28.8 Å². The third-order valence-electron chi connectivity index (χ3n) is 2.96. The van der Waals surface area contributed by atoms with Gasteiger partial charge in [-0.05, 0) is 30.5 Å². The van der Waals surface area contributed by atoms with Gasteiger partial charge in [-0.2, -0.15) is 0 Å². The van der Waals surface area contributed by atoms with Crippen molar-refractivity contribution in [2.75, 3.05) is 19.6 Å². The van der Waals surface area contributed by atoms with Crippen LogP contribution in [0, 0.1) is 13.8 Å². The highest BCUT2D eigenvalue weighted by Crippen LogP contribution is 2.26. The number of hydrogen-bond donors (Lipinski definition) is 3. The van der Waals surface area contributed by atoms with Crippen LogP contribution in [0.3, 0.4) is 0 Å². The molecule has 0 aromatic heterocycles. The molecule has 3 nitrogen and oxygen atoms in total. The molecule has 1 aliphatic heterocycles. The van der Waals surface area contributed by atoms with Crippen LogP contribution in [0.15, 0.2) is 12.1 Å². The average molecular weight is 243 g/mol. The minimum Gasteiger partial charge on any atom is -0.507 e. The van der Waals surface area contributed by atoms with Crippen molar-refractivity contribution in [2.24, 2.45) is 0 Å². The molecular weight excluding hydrogens is 224 g/mol. The predicted molar refractivity (Wildman–Crippen MR) is 68.4 cm³/mol. The number of piperazine rings is 1. The van der Waals surface area contributed by atoms with Crippen LogP contribution >= 0.6 is 12.4 Å². The molecule has 0 radical (unpaired) electrons. The Hall–Kier alpha value is -0.770. The fourth-order valence-electron chi connectivity index (χ4n) is 2.08. The molecule has 0 unspecified atom stereocenters. The molecule has 2 rings (SSSR count). The monoisotopic (exact) mass is 242 g/mol. The lowest BCUT2D eigenvalue weighted by molar-refractivity contribution is 0.428. The molecule has 0 aliphatic carbocycles. The van der Waals surface area contributed by atoms with Crippen LogP contribution in [0.4, 0.5) is 0 Å². The smallest absolute Gasteiger partial charge is 0.121 e. The summed E-state index contributed by atoms with van der Waals surface area (Å²) in [5, 5.41) is 16.5. The predicted octanol–water partition coefficient (Wildman–Crippen LogP) is 1.66. The first-order valence-corrected chi connectivity index (χ1v) is 5.42. The van der Waals surface area contributed by atoms with Crippen molar-refractivity contribution >= 4 is 12.4 Å². The molecule has 0 amide bonds. The van der Waals surface area contributed by atoms with E-state index in [1.165, 1.54) is 5.56 Å². The molecule has 0 saturated carbocycles. The zero-order chi connectivity index (χ0) is 10.8. The number of phenolic OH excluding ortho intramolecular Hbond substituents is 1. The van der Waals surface area contributed by atoms with Gasteiger partial charge in [0, 0.05) is 25.7 Å². The van der Waals surface area contributed by atoms with Crippen molar-refractivity contribution in [1.29, 1.82) is 0 Å². The Bertz CT molecular complexity index is 339. The molecule has 0 bridgehead atoms. The summed E-state index contributed by atoms with van der Waals surface area (Å²) in [4.78, 5) is 0. The quantitative estimate of drug-likeness (QED) is 0.702. The summed E-state index contributed by atoms with van der Waals surface area (Å²) in [5.41, 5.74) is 3.17. The normalized spacial score (nSPS) is 20.2. The number of hydrogen-bond acceptors (Lipinski definition) is 3. The second-order valence-corrected chi connectivity index (χ2v) is 4.21. The highest BCUT2D eigenvalue weighted by atomic mass is 35.5. The molecule has 3 N–H and O–H groups in total. The summed E-state index contributed by atoms with van der Waals surface area (Å²) in [6.07, 6.45) is 0. The van der Waals surface area contributed by atoms with Crippen LogP contribution in [0.1, 0.15) is 22.7 Å². The molecule has 1 aromatic carbocycles. The van der Waals surface area contributed by atoms with E-state index in [4.69, 9.17) is 0 Å². The lowest BCUT2D eigenvalue weighted by atomic mass is 9.99. The van der Waals surface area contributed by atoms with E-state index in [2.05, 4.69) is 22.8 Å². The van der Waals surface area contributed by atoms with E-state index >= 15 is 0 Å². The van der Waals surface area contributed by atoms with Crippen LogP contribution in [0.5, 0.6) is 5.75 Å². The highest BCUT2D eigenvalue weighted by Gasteiger charge is 2.15. The van der Waals surface area contributed by atoms with Gasteiger partial charge < -0.3 is 15.7 Å². The standard InChI is InChI=1S/C12H18N2O.ClH/c1-8-5-10(6-9(2)12(8)15)11-7-13-3-4-14-11;/h5-6,11,13-15H,3-4,7H2,1-2H3;1H/t11-;/m1./s1. The average Bonchev–Trinajstić information content (AvgIpc) is 2.26. The Balaban J connectivity index is 0.00000128. The van der Waals surface area contributed by atoms with Gasteiger partial charge in [-0.25, -0.2) is 0 Å². The largest absolute Gasteiger partial charge is 0.507 e. The van der Waals surface area contributed by atoms with Gasteiger partial charge in [0.05, 0.1) is 0 Å². The Morgan fingerprint density at radius 2 is 1.81 bits per heavy atom. The Morgan fingerprint density at radius 1 is 1.19 bits per heavy atom. The van der Waals surface area contributed by atoms with Gasteiger partial charge >= 0.3 is 0 Å². The molecular formula is C12H19ClN2O. The van der Waals surface area contributed by atoms with Crippen molar-refractivity contribution in [1.82, 2.24) is 10.6 Å². The van der Waals surface area contributed by atoms with Crippen molar-refractivity contribution in [2.45, 2.75) is 19.9 Å². The summed E-state index contributed by atoms with van der Waals surface area (Å²) in [6, 6.07) is 4.50. The van der Waals surface area contributed by atoms with E-state index in [0.717, 1.165) is 30.8 Å². The molecule has 1 heterocycles. The maximum atomic E-state index is 9.69. The number of halogens is 1. The van der Waals surface area contributed by atoms with E-state index in [9.17, 15) is 5.11 Å². The first-order valence-electron chi connectivity index (χ1n) is 5.42. The van der Waals surface area contributed by atoms with Crippen LogP contribution in [0.2, 0.25) is 0 Å². The van der Waals surface area contributed by atoms with Gasteiger partial charge in [0.2, 0.25) is 0 Å². The number of aromatic hydroxyl groups is 1. The van der Waals surface area contributed by atoms with Gasteiger partial charge in [0.25, 0.3) is 0 Å². The molecule has 16 heavy (non-hydrogen) atoms. The summed E-state index contributed by atoms with van der Waals surface area (Å²) < 4.78 is 0. The lowest BCUT2D eigenvalue weighted by Crippen LogP contribution is -2.42. The molecule has 90 valence electrons. The van der Waals surface area contributed by atoms with Gasteiger partial charge in [-0.15, -0.1) is 12.4 Å². The summed E-state index contributed by atoms with van der Waals surface area (Å²) in [5.74, 6) is 0.419. The molecule has 1 fully saturated rings. The number of phenols is 1. The maximum absolute atomic E-state index is 9.69. The third-order valence-corrected chi connectivity index (χ3v) is 2.96. The van der Waals surface area contributed by atoms with Gasteiger partial charge in [-0.3, -0.25) is 0 Å². The number of rotatable bonds is 1. The number of benzene rings is 1. The first-order chi connectivity index (χ1) is 7.18. The summed E-state index contributed by atoms with van der Waals surface area (Å²) in [7, 11) is 0. The number of nitrogens with one attached hydrogen (secondary N) is 2. The zero-order valence-electron chi connectivity index (χ0n) is 9.71. The van der Waals surface area contributed by atoms with Crippen LogP contribution < -0.4 is 10.6 Å². The topological polar surface area (TPSA) is 44.3 Å². The molecule has 1 aromatic rings. The van der Waals surface area contributed by atoms with Crippen molar-refractivity contribution in [3.8, 4) is 5.75 Å². The molecule has 4 heteroatoms. The Morgan fingerprint density at radius 3 is 2.31 bits per heavy atom. The van der Waals surface area contributed by atoms with E-state index in [-0.39, 0.29) is 12.4 Å². The number of aryl methyl sites for hydroxylation is 2. The molecule has 0 spiro atoms. The lowest BCUT2D eigenvalue weighted by Gasteiger charge is -2.25. The van der Waals surface area contributed by atoms with Crippen LogP contribution in [-0.4, -0.2) is 24.7 Å². The van der Waals surface area contributed by atoms with E-state index < -0.39 is 0 Å². The highest BCUT2D eigenvalue weighted by molar-refractivity contribution is 5.85. The first kappa shape index (κ1) is 13.3. The zero-order valence-corrected chi connectivity index (χ0v) is 10.5. The second-order valence-electron chi connectivity index (χ2n) is 4.21. The summed E-state index contributed by atoms with van der Waals surface area (Å²) in [6.45, 7) is 6.89.